The third kappa shape index (κ3) is 4.60. The topological polar surface area (TPSA) is 21.3 Å². The average Bonchev–Trinajstić information content (AvgIpc) is 2.25. The van der Waals surface area contributed by atoms with Gasteiger partial charge in [0.2, 0.25) is 0 Å². The van der Waals surface area contributed by atoms with E-state index in [0.29, 0.717) is 25.3 Å². The van der Waals surface area contributed by atoms with Gasteiger partial charge in [-0.25, -0.2) is 4.39 Å². The van der Waals surface area contributed by atoms with E-state index >= 15 is 0 Å². The zero-order valence-electron chi connectivity index (χ0n) is 9.59. The molecule has 0 amide bonds. The molecular formula is C12H17BrFNO. The van der Waals surface area contributed by atoms with Crippen molar-refractivity contribution in [2.24, 2.45) is 0 Å². The first-order valence-electron chi connectivity index (χ1n) is 5.38. The number of nitrogens with one attached hydrogen (secondary N) is 1. The van der Waals surface area contributed by atoms with Crippen molar-refractivity contribution in [1.29, 1.82) is 0 Å². The highest BCUT2D eigenvalue weighted by molar-refractivity contribution is 9.10. The minimum atomic E-state index is -0.189. The van der Waals surface area contributed by atoms with Crippen molar-refractivity contribution in [3.63, 3.8) is 0 Å². The Labute approximate surface area is 104 Å². The van der Waals surface area contributed by atoms with Crippen LogP contribution in [0.4, 0.5) is 4.39 Å². The van der Waals surface area contributed by atoms with Gasteiger partial charge < -0.3 is 10.1 Å². The molecule has 0 aliphatic carbocycles. The van der Waals surface area contributed by atoms with Crippen LogP contribution in [-0.4, -0.2) is 19.3 Å². The summed E-state index contributed by atoms with van der Waals surface area (Å²) in [5.41, 5.74) is 0.673. The van der Waals surface area contributed by atoms with Crippen LogP contribution in [0.5, 0.6) is 0 Å². The van der Waals surface area contributed by atoms with Gasteiger partial charge in [0.05, 0.1) is 6.61 Å². The van der Waals surface area contributed by atoms with Crippen molar-refractivity contribution in [3.8, 4) is 0 Å². The number of hydrogen-bond acceptors (Lipinski definition) is 2. The lowest BCUT2D eigenvalue weighted by Gasteiger charge is -2.13. The highest BCUT2D eigenvalue weighted by atomic mass is 79.9. The molecule has 1 rings (SSSR count). The van der Waals surface area contributed by atoms with Gasteiger partial charge in [0, 0.05) is 29.2 Å². The van der Waals surface area contributed by atoms with Crippen molar-refractivity contribution in [3.05, 3.63) is 34.1 Å². The Kier molecular flexibility index (Phi) is 5.95. The minimum Gasteiger partial charge on any atom is -0.380 e. The minimum absolute atomic E-state index is 0.189. The van der Waals surface area contributed by atoms with Gasteiger partial charge in [0.25, 0.3) is 0 Å². The molecule has 0 aliphatic heterocycles. The summed E-state index contributed by atoms with van der Waals surface area (Å²) in [6.45, 7) is 5.86. The van der Waals surface area contributed by atoms with E-state index in [0.717, 1.165) is 4.47 Å². The molecule has 1 aromatic carbocycles. The number of benzene rings is 1. The van der Waals surface area contributed by atoms with Crippen LogP contribution in [0.25, 0.3) is 0 Å². The van der Waals surface area contributed by atoms with Gasteiger partial charge in [-0.05, 0) is 26.0 Å². The Morgan fingerprint density at radius 1 is 1.50 bits per heavy atom. The summed E-state index contributed by atoms with van der Waals surface area (Å²) in [4.78, 5) is 0. The lowest BCUT2D eigenvalue weighted by atomic mass is 10.2. The molecule has 90 valence electrons. The molecular weight excluding hydrogens is 273 g/mol. The Morgan fingerprint density at radius 2 is 2.25 bits per heavy atom. The van der Waals surface area contributed by atoms with Crippen molar-refractivity contribution in [1.82, 2.24) is 5.32 Å². The molecule has 1 N–H and O–H groups in total. The summed E-state index contributed by atoms with van der Waals surface area (Å²) >= 11 is 3.23. The Morgan fingerprint density at radius 3 is 2.88 bits per heavy atom. The van der Waals surface area contributed by atoms with Gasteiger partial charge in [-0.2, -0.15) is 0 Å². The molecule has 1 aromatic rings. The van der Waals surface area contributed by atoms with Crippen LogP contribution in [-0.2, 0) is 11.3 Å². The second-order valence-electron chi connectivity index (χ2n) is 3.68. The second kappa shape index (κ2) is 6.99. The first-order chi connectivity index (χ1) is 7.63. The zero-order chi connectivity index (χ0) is 12.0. The molecule has 0 fully saturated rings. The summed E-state index contributed by atoms with van der Waals surface area (Å²) in [5.74, 6) is -0.189. The van der Waals surface area contributed by atoms with E-state index in [1.807, 2.05) is 19.9 Å². The first kappa shape index (κ1) is 13.6. The van der Waals surface area contributed by atoms with E-state index in [-0.39, 0.29) is 11.9 Å². The first-order valence-corrected chi connectivity index (χ1v) is 6.17. The maximum Gasteiger partial charge on any atom is 0.128 e. The molecule has 2 nitrogen and oxygen atoms in total. The van der Waals surface area contributed by atoms with Crippen LogP contribution in [0.15, 0.2) is 22.7 Å². The van der Waals surface area contributed by atoms with Crippen LogP contribution in [0.1, 0.15) is 19.4 Å². The molecule has 1 atom stereocenters. The molecule has 0 saturated carbocycles. The average molecular weight is 290 g/mol. The Hall–Kier alpha value is -0.450. The molecule has 0 heterocycles. The Balaban J connectivity index is 2.42. The Bertz CT molecular complexity index is 333. The summed E-state index contributed by atoms with van der Waals surface area (Å²) in [7, 11) is 0. The predicted octanol–water partition coefficient (Wildman–Crippen LogP) is 3.10. The van der Waals surface area contributed by atoms with Gasteiger partial charge in [0.1, 0.15) is 5.82 Å². The van der Waals surface area contributed by atoms with E-state index in [9.17, 15) is 4.39 Å². The molecule has 16 heavy (non-hydrogen) atoms. The molecule has 1 unspecified atom stereocenters. The molecule has 4 heteroatoms. The van der Waals surface area contributed by atoms with Gasteiger partial charge in [-0.15, -0.1) is 0 Å². The van der Waals surface area contributed by atoms with Gasteiger partial charge in [0.15, 0.2) is 0 Å². The van der Waals surface area contributed by atoms with Crippen LogP contribution < -0.4 is 5.32 Å². The van der Waals surface area contributed by atoms with Crippen LogP contribution in [0, 0.1) is 5.82 Å². The smallest absolute Gasteiger partial charge is 0.128 e. The summed E-state index contributed by atoms with van der Waals surface area (Å²) in [6.07, 6.45) is 0. The van der Waals surface area contributed by atoms with Crippen molar-refractivity contribution in [2.45, 2.75) is 26.4 Å². The normalized spacial score (nSPS) is 12.8. The lowest BCUT2D eigenvalue weighted by molar-refractivity contribution is 0.127. The largest absolute Gasteiger partial charge is 0.380 e. The quantitative estimate of drug-likeness (QED) is 0.869. The van der Waals surface area contributed by atoms with E-state index in [2.05, 4.69) is 21.2 Å². The number of hydrogen-bond donors (Lipinski definition) is 1. The summed E-state index contributed by atoms with van der Waals surface area (Å²) < 4.78 is 19.5. The van der Waals surface area contributed by atoms with Crippen molar-refractivity contribution < 1.29 is 9.13 Å². The molecule has 0 aromatic heterocycles. The highest BCUT2D eigenvalue weighted by Crippen LogP contribution is 2.15. The molecule has 0 spiro atoms. The van der Waals surface area contributed by atoms with E-state index in [1.54, 1.807) is 6.07 Å². The lowest BCUT2D eigenvalue weighted by Crippen LogP contribution is -2.30. The summed E-state index contributed by atoms with van der Waals surface area (Å²) in [5, 5.41) is 3.21. The second-order valence-corrected chi connectivity index (χ2v) is 4.59. The number of halogens is 2. The standard InChI is InChI=1S/C12H17BrFNO/c1-3-16-8-9(2)15-7-10-4-5-11(13)6-12(10)14/h4-6,9,15H,3,7-8H2,1-2H3. The van der Waals surface area contributed by atoms with E-state index in [4.69, 9.17) is 4.74 Å². The third-order valence-electron chi connectivity index (χ3n) is 2.23. The van der Waals surface area contributed by atoms with E-state index < -0.39 is 0 Å². The fourth-order valence-corrected chi connectivity index (χ4v) is 1.64. The molecule has 0 radical (unpaired) electrons. The van der Waals surface area contributed by atoms with Crippen molar-refractivity contribution in [2.75, 3.05) is 13.2 Å². The number of ether oxygens (including phenoxy) is 1. The maximum absolute atomic E-state index is 13.5. The molecule has 0 saturated heterocycles. The fourth-order valence-electron chi connectivity index (χ4n) is 1.30. The fraction of sp³-hybridized carbons (Fsp3) is 0.500. The van der Waals surface area contributed by atoms with Crippen LogP contribution in [0.3, 0.4) is 0 Å². The van der Waals surface area contributed by atoms with Gasteiger partial charge in [-0.1, -0.05) is 22.0 Å². The maximum atomic E-state index is 13.5. The van der Waals surface area contributed by atoms with Crippen LogP contribution in [0.2, 0.25) is 0 Å². The summed E-state index contributed by atoms with van der Waals surface area (Å²) in [6, 6.07) is 5.32. The zero-order valence-corrected chi connectivity index (χ0v) is 11.2. The SMILES string of the molecule is CCOCC(C)NCc1ccc(Br)cc1F. The van der Waals surface area contributed by atoms with Gasteiger partial charge in [-0.3, -0.25) is 0 Å². The third-order valence-corrected chi connectivity index (χ3v) is 2.72. The molecule has 0 bridgehead atoms. The highest BCUT2D eigenvalue weighted by Gasteiger charge is 2.05. The van der Waals surface area contributed by atoms with Gasteiger partial charge >= 0.3 is 0 Å². The van der Waals surface area contributed by atoms with Crippen LogP contribution >= 0.6 is 15.9 Å². The van der Waals surface area contributed by atoms with E-state index in [1.165, 1.54) is 6.07 Å². The monoisotopic (exact) mass is 289 g/mol. The molecule has 0 aliphatic rings. The number of rotatable bonds is 6. The predicted molar refractivity (Wildman–Crippen MR) is 66.9 cm³/mol. The van der Waals surface area contributed by atoms with Crippen molar-refractivity contribution >= 4 is 15.9 Å².